The fraction of sp³-hybridized carbons (Fsp3) is 0.533. The first-order chi connectivity index (χ1) is 10.7. The molecule has 0 amide bonds. The SMILES string of the molecule is C[C@]1(c2cc(Br)ccc2F)N=C(N)OC2(CCOCC2)C1(F)F. The third kappa shape index (κ3) is 2.34. The maximum absolute atomic E-state index is 15.4. The summed E-state index contributed by atoms with van der Waals surface area (Å²) in [5.74, 6) is -4.23. The molecule has 1 aromatic rings. The van der Waals surface area contributed by atoms with E-state index < -0.39 is 22.9 Å². The molecule has 2 aliphatic heterocycles. The van der Waals surface area contributed by atoms with E-state index in [-0.39, 0.29) is 37.6 Å². The van der Waals surface area contributed by atoms with Gasteiger partial charge in [-0.25, -0.2) is 9.38 Å². The summed E-state index contributed by atoms with van der Waals surface area (Å²) in [6, 6.07) is 3.51. The van der Waals surface area contributed by atoms with Gasteiger partial charge in [-0.05, 0) is 25.1 Å². The fourth-order valence-corrected chi connectivity index (χ4v) is 3.60. The van der Waals surface area contributed by atoms with E-state index in [1.54, 1.807) is 0 Å². The molecule has 126 valence electrons. The van der Waals surface area contributed by atoms with Gasteiger partial charge in [-0.15, -0.1) is 0 Å². The second-order valence-corrected chi connectivity index (χ2v) is 6.85. The Labute approximate surface area is 140 Å². The Balaban J connectivity index is 2.20. The quantitative estimate of drug-likeness (QED) is 0.797. The molecule has 0 aliphatic carbocycles. The molecule has 0 aromatic heterocycles. The highest BCUT2D eigenvalue weighted by Crippen LogP contribution is 2.55. The van der Waals surface area contributed by atoms with E-state index in [1.807, 2.05) is 0 Å². The summed E-state index contributed by atoms with van der Waals surface area (Å²) in [5, 5.41) is 0. The molecule has 1 fully saturated rings. The molecule has 8 heteroatoms. The summed E-state index contributed by atoms with van der Waals surface area (Å²) in [4.78, 5) is 3.81. The van der Waals surface area contributed by atoms with Gasteiger partial charge >= 0.3 is 5.92 Å². The number of hydrogen-bond acceptors (Lipinski definition) is 4. The normalized spacial score (nSPS) is 29.0. The summed E-state index contributed by atoms with van der Waals surface area (Å²) < 4.78 is 56.1. The van der Waals surface area contributed by atoms with Crippen molar-refractivity contribution in [1.29, 1.82) is 0 Å². The third-order valence-corrected chi connectivity index (χ3v) is 5.06. The number of nitrogens with two attached hydrogens (primary N) is 1. The van der Waals surface area contributed by atoms with E-state index >= 15 is 8.78 Å². The lowest BCUT2D eigenvalue weighted by Gasteiger charge is -2.51. The Morgan fingerprint density at radius 1 is 1.26 bits per heavy atom. The molecule has 1 saturated heterocycles. The fourth-order valence-electron chi connectivity index (χ4n) is 3.24. The zero-order valence-electron chi connectivity index (χ0n) is 12.4. The number of ether oxygens (including phenoxy) is 2. The summed E-state index contributed by atoms with van der Waals surface area (Å²) in [5.41, 5.74) is 1.44. The van der Waals surface area contributed by atoms with Crippen LogP contribution in [-0.4, -0.2) is 30.8 Å². The van der Waals surface area contributed by atoms with Crippen molar-refractivity contribution in [2.75, 3.05) is 13.2 Å². The molecule has 23 heavy (non-hydrogen) atoms. The molecule has 3 rings (SSSR count). The van der Waals surface area contributed by atoms with Gasteiger partial charge in [0.15, 0.2) is 11.1 Å². The van der Waals surface area contributed by atoms with Gasteiger partial charge in [0.2, 0.25) is 0 Å². The molecule has 1 aromatic carbocycles. The lowest BCUT2D eigenvalue weighted by molar-refractivity contribution is -0.247. The monoisotopic (exact) mass is 392 g/mol. The number of benzene rings is 1. The predicted molar refractivity (Wildman–Crippen MR) is 81.9 cm³/mol. The highest BCUT2D eigenvalue weighted by atomic mass is 79.9. The van der Waals surface area contributed by atoms with E-state index in [1.165, 1.54) is 19.1 Å². The van der Waals surface area contributed by atoms with Crippen LogP contribution in [0.2, 0.25) is 0 Å². The lowest BCUT2D eigenvalue weighted by atomic mass is 9.72. The first kappa shape index (κ1) is 16.6. The molecule has 0 radical (unpaired) electrons. The van der Waals surface area contributed by atoms with Crippen LogP contribution in [-0.2, 0) is 15.0 Å². The number of hydrogen-bond donors (Lipinski definition) is 1. The van der Waals surface area contributed by atoms with Crippen molar-refractivity contribution >= 4 is 22.0 Å². The van der Waals surface area contributed by atoms with E-state index in [9.17, 15) is 4.39 Å². The standard InChI is InChI=1S/C15H16BrF3N2O2/c1-13(10-8-9(16)2-3-11(10)17)15(18,19)14(23-12(20)21-13)4-6-22-7-5-14/h2-3,8H,4-7H2,1H3,(H2,20,21)/t13-/m1/s1. The van der Waals surface area contributed by atoms with Gasteiger partial charge in [0.25, 0.3) is 6.02 Å². The second-order valence-electron chi connectivity index (χ2n) is 5.93. The maximum Gasteiger partial charge on any atom is 0.315 e. The van der Waals surface area contributed by atoms with Crippen LogP contribution >= 0.6 is 15.9 Å². The molecule has 0 bridgehead atoms. The van der Waals surface area contributed by atoms with Crippen LogP contribution in [0.4, 0.5) is 13.2 Å². The Hall–Kier alpha value is -1.28. The van der Waals surface area contributed by atoms with Crippen molar-refractivity contribution in [2.45, 2.75) is 36.8 Å². The van der Waals surface area contributed by atoms with Crippen LogP contribution in [0.25, 0.3) is 0 Å². The van der Waals surface area contributed by atoms with Crippen molar-refractivity contribution in [2.24, 2.45) is 10.7 Å². The van der Waals surface area contributed by atoms with Crippen LogP contribution in [0.15, 0.2) is 27.7 Å². The van der Waals surface area contributed by atoms with Gasteiger partial charge in [-0.3, -0.25) is 0 Å². The van der Waals surface area contributed by atoms with Crippen molar-refractivity contribution in [3.05, 3.63) is 34.1 Å². The molecular weight excluding hydrogens is 377 g/mol. The minimum Gasteiger partial charge on any atom is -0.452 e. The average molecular weight is 393 g/mol. The zero-order chi connectivity index (χ0) is 16.9. The van der Waals surface area contributed by atoms with Gasteiger partial charge in [-0.2, -0.15) is 8.78 Å². The number of alkyl halides is 2. The molecule has 4 nitrogen and oxygen atoms in total. The minimum absolute atomic E-state index is 0.0402. The molecule has 2 heterocycles. The number of aliphatic imine (C=N–C) groups is 1. The molecule has 2 N–H and O–H groups in total. The van der Waals surface area contributed by atoms with E-state index in [0.29, 0.717) is 4.47 Å². The van der Waals surface area contributed by atoms with Crippen LogP contribution < -0.4 is 5.73 Å². The van der Waals surface area contributed by atoms with Crippen molar-refractivity contribution in [1.82, 2.24) is 0 Å². The largest absolute Gasteiger partial charge is 0.452 e. The first-order valence-electron chi connectivity index (χ1n) is 7.17. The Morgan fingerprint density at radius 2 is 1.91 bits per heavy atom. The lowest BCUT2D eigenvalue weighted by Crippen LogP contribution is -2.66. The van der Waals surface area contributed by atoms with Gasteiger partial charge in [0.05, 0.1) is 13.2 Å². The number of amidine groups is 1. The maximum atomic E-state index is 15.4. The predicted octanol–water partition coefficient (Wildman–Crippen LogP) is 3.33. The molecule has 1 spiro atoms. The van der Waals surface area contributed by atoms with E-state index in [4.69, 9.17) is 15.2 Å². The number of rotatable bonds is 1. The molecule has 0 unspecified atom stereocenters. The summed E-state index contributed by atoms with van der Waals surface area (Å²) >= 11 is 3.18. The third-order valence-electron chi connectivity index (χ3n) is 4.57. The van der Waals surface area contributed by atoms with Crippen LogP contribution in [0.3, 0.4) is 0 Å². The van der Waals surface area contributed by atoms with Gasteiger partial charge < -0.3 is 15.2 Å². The van der Waals surface area contributed by atoms with Crippen molar-refractivity contribution in [3.8, 4) is 0 Å². The van der Waals surface area contributed by atoms with Gasteiger partial charge in [0.1, 0.15) is 5.82 Å². The highest BCUT2D eigenvalue weighted by Gasteiger charge is 2.70. The highest BCUT2D eigenvalue weighted by molar-refractivity contribution is 9.10. The van der Waals surface area contributed by atoms with Crippen molar-refractivity contribution < 1.29 is 22.6 Å². The van der Waals surface area contributed by atoms with Crippen LogP contribution in [0.1, 0.15) is 25.3 Å². The minimum atomic E-state index is -3.46. The summed E-state index contributed by atoms with van der Waals surface area (Å²) in [6.45, 7) is 1.43. The van der Waals surface area contributed by atoms with Crippen LogP contribution in [0, 0.1) is 5.82 Å². The van der Waals surface area contributed by atoms with Gasteiger partial charge in [-0.1, -0.05) is 15.9 Å². The smallest absolute Gasteiger partial charge is 0.315 e. The summed E-state index contributed by atoms with van der Waals surface area (Å²) in [6.07, 6.45) is -0.0805. The number of halogens is 4. The summed E-state index contributed by atoms with van der Waals surface area (Å²) in [7, 11) is 0. The Morgan fingerprint density at radius 3 is 2.57 bits per heavy atom. The topological polar surface area (TPSA) is 56.8 Å². The molecule has 0 saturated carbocycles. The van der Waals surface area contributed by atoms with Crippen LogP contribution in [0.5, 0.6) is 0 Å². The van der Waals surface area contributed by atoms with Gasteiger partial charge in [0, 0.05) is 22.9 Å². The van der Waals surface area contributed by atoms with Crippen molar-refractivity contribution in [3.63, 3.8) is 0 Å². The first-order valence-corrected chi connectivity index (χ1v) is 7.97. The average Bonchev–Trinajstić information content (AvgIpc) is 2.48. The second kappa shape index (κ2) is 5.37. The molecular formula is C15H16BrF3N2O2. The molecule has 1 atom stereocenters. The Kier molecular flexibility index (Phi) is 3.87. The van der Waals surface area contributed by atoms with E-state index in [0.717, 1.165) is 6.07 Å². The molecule has 2 aliphatic rings. The van der Waals surface area contributed by atoms with E-state index in [2.05, 4.69) is 20.9 Å². The number of nitrogens with zero attached hydrogens (tertiary/aromatic N) is 1. The Bertz CT molecular complexity index is 662. The zero-order valence-corrected chi connectivity index (χ0v) is 14.0.